The molecule has 2 aromatic rings. The van der Waals surface area contributed by atoms with E-state index in [2.05, 4.69) is 4.98 Å². The number of benzene rings is 1. The lowest BCUT2D eigenvalue weighted by Gasteiger charge is -1.95. The Bertz CT molecular complexity index is 519. The number of aryl methyl sites for hydroxylation is 1. The van der Waals surface area contributed by atoms with Gasteiger partial charge in [0.2, 0.25) is 5.82 Å². The van der Waals surface area contributed by atoms with Crippen LogP contribution in [0.25, 0.3) is 11.0 Å². The third-order valence-corrected chi connectivity index (χ3v) is 2.05. The molecule has 1 aromatic carbocycles. The number of rotatable bonds is 1. The zero-order valence-electron chi connectivity index (χ0n) is 7.36. The molecule has 0 atom stereocenters. The van der Waals surface area contributed by atoms with Gasteiger partial charge < -0.3 is 9.67 Å². The van der Waals surface area contributed by atoms with Crippen molar-refractivity contribution < 1.29 is 14.3 Å². The van der Waals surface area contributed by atoms with Crippen LogP contribution in [0.1, 0.15) is 10.6 Å². The molecule has 0 radical (unpaired) electrons. The van der Waals surface area contributed by atoms with Gasteiger partial charge in [0, 0.05) is 7.05 Å². The molecular weight excluding hydrogens is 187 g/mol. The molecule has 0 fully saturated rings. The van der Waals surface area contributed by atoms with Crippen LogP contribution in [-0.4, -0.2) is 20.6 Å². The molecule has 0 bridgehead atoms. The average molecular weight is 194 g/mol. The van der Waals surface area contributed by atoms with Gasteiger partial charge >= 0.3 is 5.97 Å². The summed E-state index contributed by atoms with van der Waals surface area (Å²) in [5.74, 6) is -1.83. The molecule has 0 aliphatic rings. The average Bonchev–Trinajstić information content (AvgIpc) is 2.46. The van der Waals surface area contributed by atoms with Crippen LogP contribution in [-0.2, 0) is 7.05 Å². The van der Waals surface area contributed by atoms with Crippen molar-refractivity contribution in [3.63, 3.8) is 0 Å². The fourth-order valence-electron chi connectivity index (χ4n) is 1.37. The number of aromatic nitrogens is 2. The van der Waals surface area contributed by atoms with Gasteiger partial charge in [0.25, 0.3) is 0 Å². The first kappa shape index (κ1) is 8.68. The maximum atomic E-state index is 13.2. The van der Waals surface area contributed by atoms with Crippen molar-refractivity contribution in [3.8, 4) is 0 Å². The van der Waals surface area contributed by atoms with Gasteiger partial charge in [-0.1, -0.05) is 6.07 Å². The van der Waals surface area contributed by atoms with E-state index in [0.717, 1.165) is 0 Å². The second kappa shape index (κ2) is 2.80. The van der Waals surface area contributed by atoms with Gasteiger partial charge in [-0.3, -0.25) is 0 Å². The number of hydrogen-bond acceptors (Lipinski definition) is 2. The Labute approximate surface area is 78.6 Å². The van der Waals surface area contributed by atoms with E-state index in [4.69, 9.17) is 5.11 Å². The Morgan fingerprint density at radius 1 is 1.57 bits per heavy atom. The van der Waals surface area contributed by atoms with Crippen molar-refractivity contribution in [3.05, 3.63) is 29.8 Å². The van der Waals surface area contributed by atoms with Gasteiger partial charge in [-0.15, -0.1) is 0 Å². The summed E-state index contributed by atoms with van der Waals surface area (Å²) in [6, 6.07) is 4.39. The number of halogens is 1. The van der Waals surface area contributed by atoms with Crippen molar-refractivity contribution in [2.24, 2.45) is 7.05 Å². The topological polar surface area (TPSA) is 55.1 Å². The molecule has 4 nitrogen and oxygen atoms in total. The number of hydrogen-bond donors (Lipinski definition) is 1. The lowest BCUT2D eigenvalue weighted by molar-refractivity contribution is 0.0680. The van der Waals surface area contributed by atoms with E-state index in [9.17, 15) is 9.18 Å². The molecule has 0 aliphatic carbocycles. The summed E-state index contributed by atoms with van der Waals surface area (Å²) >= 11 is 0. The quantitative estimate of drug-likeness (QED) is 0.746. The van der Waals surface area contributed by atoms with E-state index in [1.165, 1.54) is 23.7 Å². The molecule has 0 amide bonds. The van der Waals surface area contributed by atoms with E-state index in [1.54, 1.807) is 6.07 Å². The predicted octanol–water partition coefficient (Wildman–Crippen LogP) is 1.41. The SMILES string of the molecule is Cn1c(C(=O)O)nc2c(F)cccc21. The lowest BCUT2D eigenvalue weighted by Crippen LogP contribution is -2.05. The summed E-state index contributed by atoms with van der Waals surface area (Å²) in [6.45, 7) is 0. The van der Waals surface area contributed by atoms with Crippen molar-refractivity contribution in [1.82, 2.24) is 9.55 Å². The second-order valence-electron chi connectivity index (χ2n) is 2.91. The summed E-state index contributed by atoms with van der Waals surface area (Å²) in [6.07, 6.45) is 0. The highest BCUT2D eigenvalue weighted by molar-refractivity contribution is 5.89. The number of fused-ring (bicyclic) bond motifs is 1. The second-order valence-corrected chi connectivity index (χ2v) is 2.91. The minimum absolute atomic E-state index is 0.0902. The molecule has 1 heterocycles. The normalized spacial score (nSPS) is 10.7. The van der Waals surface area contributed by atoms with Crippen LogP contribution in [0.2, 0.25) is 0 Å². The smallest absolute Gasteiger partial charge is 0.372 e. The molecule has 0 unspecified atom stereocenters. The van der Waals surface area contributed by atoms with E-state index in [1.807, 2.05) is 0 Å². The van der Waals surface area contributed by atoms with Gasteiger partial charge in [-0.25, -0.2) is 14.2 Å². The Morgan fingerprint density at radius 2 is 2.29 bits per heavy atom. The summed E-state index contributed by atoms with van der Waals surface area (Å²) < 4.78 is 14.5. The Kier molecular flexibility index (Phi) is 1.73. The monoisotopic (exact) mass is 194 g/mol. The fraction of sp³-hybridized carbons (Fsp3) is 0.111. The van der Waals surface area contributed by atoms with Crippen molar-refractivity contribution >= 4 is 17.0 Å². The molecule has 0 spiro atoms. The molecule has 1 aromatic heterocycles. The highest BCUT2D eigenvalue weighted by Gasteiger charge is 2.15. The van der Waals surface area contributed by atoms with Crippen LogP contribution in [0.5, 0.6) is 0 Å². The van der Waals surface area contributed by atoms with Crippen LogP contribution in [0, 0.1) is 5.82 Å². The summed E-state index contributed by atoms with van der Waals surface area (Å²) in [5.41, 5.74) is 0.565. The third-order valence-electron chi connectivity index (χ3n) is 2.05. The molecule has 0 saturated carbocycles. The first-order valence-electron chi connectivity index (χ1n) is 3.95. The first-order valence-corrected chi connectivity index (χ1v) is 3.95. The van der Waals surface area contributed by atoms with Crippen LogP contribution in [0.4, 0.5) is 4.39 Å². The molecule has 1 N–H and O–H groups in total. The molecule has 14 heavy (non-hydrogen) atoms. The zero-order valence-corrected chi connectivity index (χ0v) is 7.36. The van der Waals surface area contributed by atoms with Gasteiger partial charge in [0.05, 0.1) is 5.52 Å². The van der Waals surface area contributed by atoms with E-state index in [-0.39, 0.29) is 11.3 Å². The first-order chi connectivity index (χ1) is 6.61. The van der Waals surface area contributed by atoms with E-state index < -0.39 is 11.8 Å². The van der Waals surface area contributed by atoms with Crippen LogP contribution in [0.3, 0.4) is 0 Å². The predicted molar refractivity (Wildman–Crippen MR) is 47.6 cm³/mol. The zero-order chi connectivity index (χ0) is 10.3. The van der Waals surface area contributed by atoms with Crippen molar-refractivity contribution in [1.29, 1.82) is 0 Å². The molecule has 0 aliphatic heterocycles. The largest absolute Gasteiger partial charge is 0.475 e. The molecule has 5 heteroatoms. The maximum Gasteiger partial charge on any atom is 0.372 e. The van der Waals surface area contributed by atoms with Crippen LogP contribution < -0.4 is 0 Å². The van der Waals surface area contributed by atoms with Gasteiger partial charge in [0.1, 0.15) is 5.52 Å². The van der Waals surface area contributed by atoms with Gasteiger partial charge in [0.15, 0.2) is 5.82 Å². The van der Waals surface area contributed by atoms with Crippen LogP contribution in [0.15, 0.2) is 18.2 Å². The summed E-state index contributed by atoms with van der Waals surface area (Å²) in [5, 5.41) is 8.75. The number of carbonyl (C=O) groups is 1. The van der Waals surface area contributed by atoms with Gasteiger partial charge in [-0.2, -0.15) is 0 Å². The number of nitrogens with zero attached hydrogens (tertiary/aromatic N) is 2. The molecule has 2 rings (SSSR count). The number of carboxylic acid groups (broad SMARTS) is 1. The van der Waals surface area contributed by atoms with E-state index in [0.29, 0.717) is 5.52 Å². The van der Waals surface area contributed by atoms with Crippen LogP contribution >= 0.6 is 0 Å². The number of imidazole rings is 1. The Hall–Kier alpha value is -1.91. The lowest BCUT2D eigenvalue weighted by atomic mass is 10.3. The standard InChI is InChI=1S/C9H7FN2O2/c1-12-6-4-2-3-5(10)7(6)11-8(12)9(13)14/h2-4H,1H3,(H,13,14). The number of carboxylic acids is 1. The summed E-state index contributed by atoms with van der Waals surface area (Å²) in [4.78, 5) is 14.4. The summed E-state index contributed by atoms with van der Waals surface area (Å²) in [7, 11) is 1.54. The van der Waals surface area contributed by atoms with E-state index >= 15 is 0 Å². The fourth-order valence-corrected chi connectivity index (χ4v) is 1.37. The van der Waals surface area contributed by atoms with Crippen molar-refractivity contribution in [2.75, 3.05) is 0 Å². The maximum absolute atomic E-state index is 13.2. The van der Waals surface area contributed by atoms with Crippen molar-refractivity contribution in [2.45, 2.75) is 0 Å². The highest BCUT2D eigenvalue weighted by atomic mass is 19.1. The Balaban J connectivity index is 2.86. The Morgan fingerprint density at radius 3 is 2.86 bits per heavy atom. The molecular formula is C9H7FN2O2. The number of aromatic carboxylic acids is 1. The molecule has 72 valence electrons. The third kappa shape index (κ3) is 1.06. The van der Waals surface area contributed by atoms with Gasteiger partial charge in [-0.05, 0) is 12.1 Å². The highest BCUT2D eigenvalue weighted by Crippen LogP contribution is 2.17. The number of para-hydroxylation sites is 1. The molecule has 0 saturated heterocycles. The minimum Gasteiger partial charge on any atom is -0.475 e. The minimum atomic E-state index is -1.16.